The third-order valence-corrected chi connectivity index (χ3v) is 2.19. The second kappa shape index (κ2) is 7.06. The number of anilines is 2. The zero-order valence-corrected chi connectivity index (χ0v) is 11.2. The van der Waals surface area contributed by atoms with Crippen molar-refractivity contribution in [2.75, 3.05) is 44.4 Å². The minimum atomic E-state index is 0.587. The minimum Gasteiger partial charge on any atom is -0.369 e. The van der Waals surface area contributed by atoms with Crippen LogP contribution in [0.2, 0.25) is 0 Å². The molecule has 0 saturated carbocycles. The molecule has 1 aromatic heterocycles. The first kappa shape index (κ1) is 13.7. The van der Waals surface area contributed by atoms with Crippen LogP contribution >= 0.6 is 0 Å². The first-order chi connectivity index (χ1) is 8.08. The van der Waals surface area contributed by atoms with E-state index in [-0.39, 0.29) is 0 Å². The molecular weight excluding hydrogens is 214 g/mol. The van der Waals surface area contributed by atoms with Crippen molar-refractivity contribution < 1.29 is 0 Å². The molecule has 5 nitrogen and oxygen atoms in total. The van der Waals surface area contributed by atoms with Gasteiger partial charge in [-0.15, -0.1) is 0 Å². The van der Waals surface area contributed by atoms with Crippen molar-refractivity contribution in [3.8, 4) is 0 Å². The lowest BCUT2D eigenvalue weighted by atomic mass is 10.2. The lowest BCUT2D eigenvalue weighted by Crippen LogP contribution is -2.21. The number of nitrogens with one attached hydrogen (secondary N) is 2. The Morgan fingerprint density at radius 2 is 2.06 bits per heavy atom. The highest BCUT2D eigenvalue weighted by Gasteiger charge is 2.00. The molecule has 0 bridgehead atoms. The van der Waals surface area contributed by atoms with Gasteiger partial charge in [-0.25, -0.2) is 4.98 Å². The molecule has 0 aromatic carbocycles. The third-order valence-electron chi connectivity index (χ3n) is 2.19. The van der Waals surface area contributed by atoms with Crippen LogP contribution in [0.5, 0.6) is 0 Å². The Morgan fingerprint density at radius 3 is 2.71 bits per heavy atom. The Kier molecular flexibility index (Phi) is 5.69. The SMILES string of the molecule is CC(C)CNc1nccc(NCCN(C)C)n1. The Bertz CT molecular complexity index is 324. The van der Waals surface area contributed by atoms with Crippen molar-refractivity contribution in [2.24, 2.45) is 5.92 Å². The van der Waals surface area contributed by atoms with Crippen molar-refractivity contribution in [2.45, 2.75) is 13.8 Å². The fourth-order valence-corrected chi connectivity index (χ4v) is 1.25. The van der Waals surface area contributed by atoms with E-state index in [1.807, 2.05) is 6.07 Å². The molecule has 1 aromatic rings. The number of hydrogen-bond donors (Lipinski definition) is 2. The normalized spacial score (nSPS) is 10.9. The summed E-state index contributed by atoms with van der Waals surface area (Å²) in [5.74, 6) is 2.14. The largest absolute Gasteiger partial charge is 0.369 e. The lowest BCUT2D eigenvalue weighted by molar-refractivity contribution is 0.425. The number of likely N-dealkylation sites (N-methyl/N-ethyl adjacent to an activating group) is 1. The minimum absolute atomic E-state index is 0.587. The van der Waals surface area contributed by atoms with E-state index in [1.54, 1.807) is 6.20 Å². The van der Waals surface area contributed by atoms with Crippen LogP contribution in [0.1, 0.15) is 13.8 Å². The second-order valence-electron chi connectivity index (χ2n) is 4.77. The van der Waals surface area contributed by atoms with E-state index >= 15 is 0 Å². The number of nitrogens with zero attached hydrogens (tertiary/aromatic N) is 3. The molecule has 96 valence electrons. The monoisotopic (exact) mass is 237 g/mol. The molecule has 0 atom stereocenters. The summed E-state index contributed by atoms with van der Waals surface area (Å²) in [7, 11) is 4.11. The van der Waals surface area contributed by atoms with Crippen molar-refractivity contribution in [1.29, 1.82) is 0 Å². The molecule has 17 heavy (non-hydrogen) atoms. The Hall–Kier alpha value is -1.36. The number of aromatic nitrogens is 2. The van der Waals surface area contributed by atoms with E-state index in [0.29, 0.717) is 11.9 Å². The molecule has 0 aliphatic rings. The highest BCUT2D eigenvalue weighted by atomic mass is 15.1. The molecule has 0 aliphatic carbocycles. The first-order valence-electron chi connectivity index (χ1n) is 6.03. The summed E-state index contributed by atoms with van der Waals surface area (Å²) in [4.78, 5) is 10.7. The Labute approximate surface area is 104 Å². The lowest BCUT2D eigenvalue weighted by Gasteiger charge is -2.12. The van der Waals surface area contributed by atoms with Crippen molar-refractivity contribution in [1.82, 2.24) is 14.9 Å². The van der Waals surface area contributed by atoms with Crippen LogP contribution in [0.4, 0.5) is 11.8 Å². The van der Waals surface area contributed by atoms with Crippen LogP contribution < -0.4 is 10.6 Å². The summed E-state index contributed by atoms with van der Waals surface area (Å²) >= 11 is 0. The van der Waals surface area contributed by atoms with Crippen LogP contribution in [0.3, 0.4) is 0 Å². The molecule has 0 saturated heterocycles. The quantitative estimate of drug-likeness (QED) is 0.753. The van der Waals surface area contributed by atoms with E-state index in [1.165, 1.54) is 0 Å². The van der Waals surface area contributed by atoms with E-state index in [2.05, 4.69) is 53.4 Å². The summed E-state index contributed by atoms with van der Waals surface area (Å²) in [5, 5.41) is 6.48. The van der Waals surface area contributed by atoms with Gasteiger partial charge in [0.25, 0.3) is 0 Å². The highest BCUT2D eigenvalue weighted by molar-refractivity contribution is 5.39. The van der Waals surface area contributed by atoms with Gasteiger partial charge in [-0.1, -0.05) is 13.8 Å². The first-order valence-corrected chi connectivity index (χ1v) is 6.03. The van der Waals surface area contributed by atoms with Gasteiger partial charge in [0.05, 0.1) is 0 Å². The number of hydrogen-bond acceptors (Lipinski definition) is 5. The maximum Gasteiger partial charge on any atom is 0.224 e. The van der Waals surface area contributed by atoms with Crippen molar-refractivity contribution >= 4 is 11.8 Å². The standard InChI is InChI=1S/C12H23N5/c1-10(2)9-15-12-14-6-5-11(16-12)13-7-8-17(3)4/h5-6,10H,7-9H2,1-4H3,(H2,13,14,15,16). The van der Waals surface area contributed by atoms with Gasteiger partial charge in [0, 0.05) is 25.8 Å². The third kappa shape index (κ3) is 6.06. The average molecular weight is 237 g/mol. The molecule has 1 rings (SSSR count). The van der Waals surface area contributed by atoms with E-state index in [9.17, 15) is 0 Å². The van der Waals surface area contributed by atoms with Gasteiger partial charge in [0.1, 0.15) is 5.82 Å². The van der Waals surface area contributed by atoms with E-state index in [0.717, 1.165) is 25.5 Å². The van der Waals surface area contributed by atoms with Gasteiger partial charge in [-0.2, -0.15) is 4.98 Å². The second-order valence-corrected chi connectivity index (χ2v) is 4.77. The van der Waals surface area contributed by atoms with Crippen LogP contribution in [0.15, 0.2) is 12.3 Å². The van der Waals surface area contributed by atoms with E-state index in [4.69, 9.17) is 0 Å². The van der Waals surface area contributed by atoms with Crippen LogP contribution in [0, 0.1) is 5.92 Å². The molecule has 0 radical (unpaired) electrons. The smallest absolute Gasteiger partial charge is 0.224 e. The molecule has 0 aliphatic heterocycles. The average Bonchev–Trinajstić information content (AvgIpc) is 2.26. The molecule has 5 heteroatoms. The van der Waals surface area contributed by atoms with Crippen LogP contribution in [0.25, 0.3) is 0 Å². The fraction of sp³-hybridized carbons (Fsp3) is 0.667. The summed E-state index contributed by atoms with van der Waals surface area (Å²) in [6.45, 7) is 7.08. The van der Waals surface area contributed by atoms with E-state index < -0.39 is 0 Å². The molecule has 0 amide bonds. The van der Waals surface area contributed by atoms with Gasteiger partial charge in [-0.05, 0) is 26.1 Å². The van der Waals surface area contributed by atoms with Crippen molar-refractivity contribution in [3.63, 3.8) is 0 Å². The fourth-order valence-electron chi connectivity index (χ4n) is 1.25. The van der Waals surface area contributed by atoms with Crippen LogP contribution in [-0.4, -0.2) is 48.6 Å². The maximum atomic E-state index is 4.39. The summed E-state index contributed by atoms with van der Waals surface area (Å²) in [6.07, 6.45) is 1.77. The van der Waals surface area contributed by atoms with Gasteiger partial charge in [0.15, 0.2) is 0 Å². The van der Waals surface area contributed by atoms with Gasteiger partial charge < -0.3 is 15.5 Å². The number of rotatable bonds is 7. The summed E-state index contributed by atoms with van der Waals surface area (Å²) < 4.78 is 0. The highest BCUT2D eigenvalue weighted by Crippen LogP contribution is 2.05. The van der Waals surface area contributed by atoms with Gasteiger partial charge >= 0.3 is 0 Å². The van der Waals surface area contributed by atoms with Crippen LogP contribution in [-0.2, 0) is 0 Å². The maximum absolute atomic E-state index is 4.39. The Balaban J connectivity index is 2.42. The van der Waals surface area contributed by atoms with Gasteiger partial charge in [-0.3, -0.25) is 0 Å². The molecule has 1 heterocycles. The topological polar surface area (TPSA) is 53.1 Å². The zero-order valence-electron chi connectivity index (χ0n) is 11.2. The predicted octanol–water partition coefficient (Wildman–Crippen LogP) is 1.52. The molecule has 0 spiro atoms. The zero-order chi connectivity index (χ0) is 12.7. The van der Waals surface area contributed by atoms with Gasteiger partial charge in [0.2, 0.25) is 5.95 Å². The molecular formula is C12H23N5. The summed E-state index contributed by atoms with van der Waals surface area (Å²) in [5.41, 5.74) is 0. The predicted molar refractivity (Wildman–Crippen MR) is 72.4 cm³/mol. The summed E-state index contributed by atoms with van der Waals surface area (Å²) in [6, 6.07) is 1.89. The van der Waals surface area contributed by atoms with Crippen molar-refractivity contribution in [3.05, 3.63) is 12.3 Å². The molecule has 0 fully saturated rings. The molecule has 2 N–H and O–H groups in total. The molecule has 0 unspecified atom stereocenters. The Morgan fingerprint density at radius 1 is 1.29 bits per heavy atom.